The number of benzene rings is 3. The van der Waals surface area contributed by atoms with Crippen LogP contribution in [0.25, 0.3) is 0 Å². The average molecular weight is 509 g/mol. The lowest BCUT2D eigenvalue weighted by molar-refractivity contribution is 0.0958. The molecule has 0 spiro atoms. The number of anilines is 1. The van der Waals surface area contributed by atoms with Crippen LogP contribution in [0.3, 0.4) is 0 Å². The lowest BCUT2D eigenvalue weighted by Gasteiger charge is -2.39. The maximum Gasteiger partial charge on any atom is 0.258 e. The molecule has 1 saturated heterocycles. The van der Waals surface area contributed by atoms with Gasteiger partial charge in [0.25, 0.3) is 5.91 Å². The molecule has 1 aliphatic heterocycles. The number of halogens is 1. The molecular formula is C29H33FN2O5. The summed E-state index contributed by atoms with van der Waals surface area (Å²) >= 11 is 0. The third kappa shape index (κ3) is 6.14. The number of rotatable bonds is 9. The van der Waals surface area contributed by atoms with Crippen molar-refractivity contribution in [2.24, 2.45) is 0 Å². The number of amides is 1. The first-order valence-electron chi connectivity index (χ1n) is 12.2. The van der Waals surface area contributed by atoms with E-state index >= 15 is 0 Å². The number of methoxy groups -OCH3 is 4. The predicted molar refractivity (Wildman–Crippen MR) is 141 cm³/mol. The highest BCUT2D eigenvalue weighted by Crippen LogP contribution is 2.35. The third-order valence-corrected chi connectivity index (χ3v) is 6.69. The highest BCUT2D eigenvalue weighted by Gasteiger charge is 2.30. The van der Waals surface area contributed by atoms with Gasteiger partial charge in [0.05, 0.1) is 28.4 Å². The maximum atomic E-state index is 13.7. The van der Waals surface area contributed by atoms with Crippen molar-refractivity contribution in [1.82, 2.24) is 4.90 Å². The molecule has 0 aromatic heterocycles. The number of hydrogen-bond acceptors (Lipinski definition) is 6. The van der Waals surface area contributed by atoms with Gasteiger partial charge in [-0.1, -0.05) is 0 Å². The van der Waals surface area contributed by atoms with Crippen LogP contribution in [-0.4, -0.2) is 58.4 Å². The summed E-state index contributed by atoms with van der Waals surface area (Å²) in [4.78, 5) is 17.9. The summed E-state index contributed by atoms with van der Waals surface area (Å²) in [5, 5.41) is 0. The van der Waals surface area contributed by atoms with Gasteiger partial charge in [-0.15, -0.1) is 0 Å². The van der Waals surface area contributed by atoms with E-state index in [1.54, 1.807) is 39.4 Å². The second-order valence-electron chi connectivity index (χ2n) is 8.95. The highest BCUT2D eigenvalue weighted by molar-refractivity contribution is 6.06. The molecule has 1 fully saturated rings. The van der Waals surface area contributed by atoms with Crippen molar-refractivity contribution in [3.8, 4) is 23.0 Å². The van der Waals surface area contributed by atoms with Gasteiger partial charge in [0.1, 0.15) is 17.3 Å². The summed E-state index contributed by atoms with van der Waals surface area (Å²) in [6, 6.07) is 17.0. The summed E-state index contributed by atoms with van der Waals surface area (Å²) in [6.45, 7) is 2.37. The Morgan fingerprint density at radius 1 is 0.838 bits per heavy atom. The second-order valence-corrected chi connectivity index (χ2v) is 8.95. The molecule has 1 heterocycles. The van der Waals surface area contributed by atoms with Crippen molar-refractivity contribution in [3.63, 3.8) is 0 Å². The quantitative estimate of drug-likeness (QED) is 0.397. The van der Waals surface area contributed by atoms with Gasteiger partial charge >= 0.3 is 0 Å². The zero-order valence-corrected chi connectivity index (χ0v) is 21.7. The van der Waals surface area contributed by atoms with E-state index in [0.29, 0.717) is 22.7 Å². The number of carbonyl (C=O) groups excluding carboxylic acids is 1. The highest BCUT2D eigenvalue weighted by atomic mass is 19.1. The van der Waals surface area contributed by atoms with Gasteiger partial charge in [0.15, 0.2) is 11.5 Å². The fourth-order valence-electron chi connectivity index (χ4n) is 4.75. The number of hydrogen-bond donors (Lipinski definition) is 0. The van der Waals surface area contributed by atoms with Crippen molar-refractivity contribution in [2.45, 2.75) is 25.4 Å². The Kier molecular flexibility index (Phi) is 8.50. The van der Waals surface area contributed by atoms with E-state index in [4.69, 9.17) is 18.9 Å². The van der Waals surface area contributed by atoms with Crippen LogP contribution in [0.5, 0.6) is 23.0 Å². The van der Waals surface area contributed by atoms with Gasteiger partial charge in [-0.25, -0.2) is 4.39 Å². The van der Waals surface area contributed by atoms with E-state index < -0.39 is 0 Å². The number of ether oxygens (including phenoxy) is 4. The normalized spacial score (nSPS) is 14.2. The van der Waals surface area contributed by atoms with Crippen LogP contribution in [0, 0.1) is 5.82 Å². The first-order valence-corrected chi connectivity index (χ1v) is 12.2. The molecule has 8 heteroatoms. The smallest absolute Gasteiger partial charge is 0.258 e. The number of nitrogens with zero attached hydrogens (tertiary/aromatic N) is 2. The number of carbonyl (C=O) groups is 1. The first-order chi connectivity index (χ1) is 17.9. The van der Waals surface area contributed by atoms with Gasteiger partial charge in [0.2, 0.25) is 0 Å². The standard InChI is InChI=1S/C29H33FN2O5/c1-34-25-15-20(16-26(18-25)35-2)19-31-13-11-23(12-14-31)32(29(33)21-5-7-22(30)8-6-21)24-9-10-27(36-3)28(17-24)37-4/h5-10,15-18,23H,11-14,19H2,1-4H3. The summed E-state index contributed by atoms with van der Waals surface area (Å²) < 4.78 is 35.3. The zero-order valence-electron chi connectivity index (χ0n) is 21.7. The SMILES string of the molecule is COc1cc(CN2CCC(N(C(=O)c3ccc(F)cc3)c3ccc(OC)c(OC)c3)CC2)cc(OC)c1. The maximum absolute atomic E-state index is 13.7. The average Bonchev–Trinajstić information content (AvgIpc) is 2.94. The summed E-state index contributed by atoms with van der Waals surface area (Å²) in [5.74, 6) is 2.09. The molecule has 1 amide bonds. The van der Waals surface area contributed by atoms with Crippen molar-refractivity contribution < 1.29 is 28.1 Å². The molecule has 1 aliphatic rings. The Morgan fingerprint density at radius 2 is 1.46 bits per heavy atom. The molecule has 0 N–H and O–H groups in total. The Bertz CT molecular complexity index is 1190. The van der Waals surface area contributed by atoms with Crippen LogP contribution in [0.1, 0.15) is 28.8 Å². The Labute approximate surface area is 217 Å². The minimum Gasteiger partial charge on any atom is -0.497 e. The molecule has 0 bridgehead atoms. The molecular weight excluding hydrogens is 475 g/mol. The van der Waals surface area contributed by atoms with Crippen molar-refractivity contribution >= 4 is 11.6 Å². The fourth-order valence-corrected chi connectivity index (χ4v) is 4.75. The van der Waals surface area contributed by atoms with Crippen LogP contribution in [0.2, 0.25) is 0 Å². The van der Waals surface area contributed by atoms with Gasteiger partial charge in [0, 0.05) is 49.1 Å². The lowest BCUT2D eigenvalue weighted by atomic mass is 10.00. The van der Waals surface area contributed by atoms with E-state index in [9.17, 15) is 9.18 Å². The van der Waals surface area contributed by atoms with Crippen molar-refractivity contribution in [3.05, 3.63) is 77.6 Å². The molecule has 0 unspecified atom stereocenters. The van der Waals surface area contributed by atoms with Gasteiger partial charge in [-0.3, -0.25) is 9.69 Å². The fraction of sp³-hybridized carbons (Fsp3) is 0.345. The van der Waals surface area contributed by atoms with E-state index in [0.717, 1.165) is 49.5 Å². The number of likely N-dealkylation sites (tertiary alicyclic amines) is 1. The topological polar surface area (TPSA) is 60.5 Å². The van der Waals surface area contributed by atoms with Gasteiger partial charge < -0.3 is 23.8 Å². The van der Waals surface area contributed by atoms with E-state index in [1.165, 1.54) is 24.3 Å². The summed E-state index contributed by atoms with van der Waals surface area (Å²) in [5.41, 5.74) is 2.25. The number of piperidine rings is 1. The minimum atomic E-state index is -0.378. The summed E-state index contributed by atoms with van der Waals surface area (Å²) in [7, 11) is 6.43. The summed E-state index contributed by atoms with van der Waals surface area (Å²) in [6.07, 6.45) is 1.56. The molecule has 0 radical (unpaired) electrons. The van der Waals surface area contributed by atoms with Crippen LogP contribution < -0.4 is 23.8 Å². The molecule has 7 nitrogen and oxygen atoms in total. The van der Waals surface area contributed by atoms with Crippen LogP contribution >= 0.6 is 0 Å². The van der Waals surface area contributed by atoms with Crippen LogP contribution in [-0.2, 0) is 6.54 Å². The lowest BCUT2D eigenvalue weighted by Crippen LogP contribution is -2.47. The largest absolute Gasteiger partial charge is 0.497 e. The monoisotopic (exact) mass is 508 g/mol. The van der Waals surface area contributed by atoms with Crippen LogP contribution in [0.15, 0.2) is 60.7 Å². The van der Waals surface area contributed by atoms with E-state index in [1.807, 2.05) is 30.3 Å². The first kappa shape index (κ1) is 26.3. The van der Waals surface area contributed by atoms with E-state index in [2.05, 4.69) is 4.90 Å². The Balaban J connectivity index is 1.56. The molecule has 0 saturated carbocycles. The molecule has 37 heavy (non-hydrogen) atoms. The van der Waals surface area contributed by atoms with Gasteiger partial charge in [-0.2, -0.15) is 0 Å². The van der Waals surface area contributed by atoms with Crippen LogP contribution in [0.4, 0.5) is 10.1 Å². The molecule has 0 atom stereocenters. The van der Waals surface area contributed by atoms with Crippen molar-refractivity contribution in [2.75, 3.05) is 46.4 Å². The Hall–Kier alpha value is -3.78. The second kappa shape index (κ2) is 12.0. The molecule has 196 valence electrons. The molecule has 4 rings (SSSR count). The van der Waals surface area contributed by atoms with E-state index in [-0.39, 0.29) is 17.8 Å². The Morgan fingerprint density at radius 3 is 2.03 bits per heavy atom. The zero-order chi connectivity index (χ0) is 26.4. The molecule has 3 aromatic carbocycles. The third-order valence-electron chi connectivity index (χ3n) is 6.69. The van der Waals surface area contributed by atoms with Gasteiger partial charge in [-0.05, 0) is 66.9 Å². The molecule has 3 aromatic rings. The predicted octanol–water partition coefficient (Wildman–Crippen LogP) is 5.17. The molecule has 0 aliphatic carbocycles. The van der Waals surface area contributed by atoms with Crippen molar-refractivity contribution in [1.29, 1.82) is 0 Å². The minimum absolute atomic E-state index is 0.0354.